The van der Waals surface area contributed by atoms with Gasteiger partial charge < -0.3 is 10.2 Å². The molecule has 1 aliphatic rings. The lowest BCUT2D eigenvalue weighted by Gasteiger charge is -2.34. The topological polar surface area (TPSA) is 78.5 Å². The summed E-state index contributed by atoms with van der Waals surface area (Å²) in [6, 6.07) is 6.51. The van der Waals surface area contributed by atoms with Gasteiger partial charge in [0.1, 0.15) is 0 Å². The van der Waals surface area contributed by atoms with E-state index >= 15 is 0 Å². The first-order chi connectivity index (χ1) is 11.6. The van der Waals surface area contributed by atoms with Crippen LogP contribution in [0, 0.1) is 5.92 Å². The fourth-order valence-electron chi connectivity index (χ4n) is 2.66. The number of amides is 2. The van der Waals surface area contributed by atoms with Gasteiger partial charge >= 0.3 is 6.03 Å². The molecule has 0 aliphatic carbocycles. The molecule has 2 N–H and O–H groups in total. The van der Waals surface area contributed by atoms with Gasteiger partial charge in [0.15, 0.2) is 0 Å². The normalized spacial score (nSPS) is 16.7. The molecule has 1 aromatic carbocycles. The van der Waals surface area contributed by atoms with Crippen molar-refractivity contribution >= 4 is 32.0 Å². The smallest absolute Gasteiger partial charge is 0.317 e. The molecule has 0 bridgehead atoms. The summed E-state index contributed by atoms with van der Waals surface area (Å²) in [5.41, 5.74) is -0.256. The van der Waals surface area contributed by atoms with Crippen LogP contribution in [0.25, 0.3) is 0 Å². The number of carbonyl (C=O) groups excluding carboxylic acids is 1. The van der Waals surface area contributed by atoms with Crippen molar-refractivity contribution in [3.63, 3.8) is 0 Å². The summed E-state index contributed by atoms with van der Waals surface area (Å²) in [5.74, 6) is 0.240. The number of hydrogen-bond donors (Lipinski definition) is 2. The van der Waals surface area contributed by atoms with Gasteiger partial charge in [-0.25, -0.2) is 17.9 Å². The molecule has 8 heteroatoms. The van der Waals surface area contributed by atoms with Gasteiger partial charge in [-0.2, -0.15) is 0 Å². The summed E-state index contributed by atoms with van der Waals surface area (Å²) in [7, 11) is -3.49. The zero-order valence-corrected chi connectivity index (χ0v) is 17.3. The maximum atomic E-state index is 12.3. The van der Waals surface area contributed by atoms with Crippen molar-refractivity contribution in [3.05, 3.63) is 28.7 Å². The number of halogens is 1. The fourth-order valence-corrected chi connectivity index (χ4v) is 4.05. The molecule has 0 unspecified atom stereocenters. The number of benzene rings is 1. The van der Waals surface area contributed by atoms with Crippen LogP contribution in [-0.2, 0) is 10.0 Å². The highest BCUT2D eigenvalue weighted by Gasteiger charge is 2.26. The molecular weight excluding hydrogens is 406 g/mol. The zero-order valence-electron chi connectivity index (χ0n) is 14.9. The van der Waals surface area contributed by atoms with Crippen molar-refractivity contribution in [2.24, 2.45) is 5.92 Å². The molecular formula is C17H26BrN3O3S. The minimum absolute atomic E-state index is 0.0543. The Morgan fingerprint density at radius 2 is 1.76 bits per heavy atom. The van der Waals surface area contributed by atoms with Gasteiger partial charge in [0.05, 0.1) is 4.90 Å². The number of sulfonamides is 1. The average Bonchev–Trinajstić information content (AvgIpc) is 2.52. The molecule has 1 saturated heterocycles. The number of nitrogens with zero attached hydrogens (tertiary/aromatic N) is 1. The lowest BCUT2D eigenvalue weighted by atomic mass is 9.97. The Labute approximate surface area is 158 Å². The van der Waals surface area contributed by atoms with E-state index in [2.05, 4.69) is 26.0 Å². The fraction of sp³-hybridized carbons (Fsp3) is 0.588. The highest BCUT2D eigenvalue weighted by atomic mass is 79.9. The molecule has 25 heavy (non-hydrogen) atoms. The van der Waals surface area contributed by atoms with Gasteiger partial charge in [-0.3, -0.25) is 0 Å². The second kappa shape index (κ2) is 8.05. The molecule has 0 saturated carbocycles. The van der Waals surface area contributed by atoms with Crippen LogP contribution in [0.5, 0.6) is 0 Å². The van der Waals surface area contributed by atoms with Crippen LogP contribution in [-0.4, -0.2) is 44.5 Å². The number of rotatable bonds is 4. The molecule has 0 radical (unpaired) electrons. The van der Waals surface area contributed by atoms with Crippen molar-refractivity contribution in [1.82, 2.24) is 14.9 Å². The molecule has 0 aromatic heterocycles. The molecule has 1 aromatic rings. The summed E-state index contributed by atoms with van der Waals surface area (Å²) >= 11 is 3.30. The van der Waals surface area contributed by atoms with Crippen LogP contribution in [0.4, 0.5) is 4.79 Å². The molecule has 140 valence electrons. The first-order valence-corrected chi connectivity index (χ1v) is 10.7. The van der Waals surface area contributed by atoms with E-state index in [9.17, 15) is 13.2 Å². The maximum absolute atomic E-state index is 12.3. The Kier molecular flexibility index (Phi) is 6.51. The van der Waals surface area contributed by atoms with E-state index in [1.165, 1.54) is 0 Å². The largest absolute Gasteiger partial charge is 0.333 e. The SMILES string of the molecule is CC(C)(C)NC(=O)N1CCC(CNS(=O)(=O)c2ccc(Br)cc2)CC1. The molecule has 2 rings (SSSR count). The van der Waals surface area contributed by atoms with E-state index in [1.807, 2.05) is 20.8 Å². The molecule has 0 atom stereocenters. The van der Waals surface area contributed by atoms with Gasteiger partial charge in [-0.15, -0.1) is 0 Å². The Hall–Kier alpha value is -1.12. The molecule has 0 spiro atoms. The van der Waals surface area contributed by atoms with Gasteiger partial charge in [0, 0.05) is 29.6 Å². The first kappa shape index (κ1) is 20.2. The Bertz CT molecular complexity index is 691. The summed E-state index contributed by atoms with van der Waals surface area (Å²) < 4.78 is 28.2. The van der Waals surface area contributed by atoms with E-state index in [0.29, 0.717) is 19.6 Å². The number of hydrogen-bond acceptors (Lipinski definition) is 3. The van der Waals surface area contributed by atoms with Crippen LogP contribution < -0.4 is 10.0 Å². The third-order valence-corrected chi connectivity index (χ3v) is 6.04. The second-order valence-corrected chi connectivity index (χ2v) is 10.1. The standard InChI is InChI=1S/C17H26BrN3O3S/c1-17(2,3)20-16(22)21-10-8-13(9-11-21)12-19-25(23,24)15-6-4-14(18)5-7-15/h4-7,13,19H,8-12H2,1-3H3,(H,20,22). The van der Waals surface area contributed by atoms with Crippen LogP contribution in [0.2, 0.25) is 0 Å². The maximum Gasteiger partial charge on any atom is 0.317 e. The lowest BCUT2D eigenvalue weighted by molar-refractivity contribution is 0.163. The zero-order chi connectivity index (χ0) is 18.7. The quantitative estimate of drug-likeness (QED) is 0.768. The van der Waals surface area contributed by atoms with E-state index in [-0.39, 0.29) is 22.4 Å². The van der Waals surface area contributed by atoms with Crippen LogP contribution in [0.3, 0.4) is 0 Å². The monoisotopic (exact) mass is 431 g/mol. The van der Waals surface area contributed by atoms with Crippen molar-refractivity contribution in [3.8, 4) is 0 Å². The molecule has 6 nitrogen and oxygen atoms in total. The third-order valence-electron chi connectivity index (χ3n) is 4.07. The van der Waals surface area contributed by atoms with E-state index < -0.39 is 10.0 Å². The minimum atomic E-state index is -3.49. The number of urea groups is 1. The van der Waals surface area contributed by atoms with Crippen molar-refractivity contribution in [2.75, 3.05) is 19.6 Å². The first-order valence-electron chi connectivity index (χ1n) is 8.39. The predicted octanol–water partition coefficient (Wildman–Crippen LogP) is 2.95. The lowest BCUT2D eigenvalue weighted by Crippen LogP contribution is -2.51. The van der Waals surface area contributed by atoms with E-state index in [0.717, 1.165) is 17.3 Å². The Morgan fingerprint density at radius 3 is 2.28 bits per heavy atom. The van der Waals surface area contributed by atoms with Crippen molar-refractivity contribution in [1.29, 1.82) is 0 Å². The number of nitrogens with one attached hydrogen (secondary N) is 2. The number of carbonyl (C=O) groups is 1. The van der Waals surface area contributed by atoms with Crippen LogP contribution in [0.15, 0.2) is 33.6 Å². The molecule has 1 heterocycles. The second-order valence-electron chi connectivity index (χ2n) is 7.42. The summed E-state index contributed by atoms with van der Waals surface area (Å²) in [5, 5.41) is 2.96. The van der Waals surface area contributed by atoms with Crippen LogP contribution >= 0.6 is 15.9 Å². The average molecular weight is 432 g/mol. The molecule has 1 aliphatic heterocycles. The van der Waals surface area contributed by atoms with Crippen molar-refractivity contribution < 1.29 is 13.2 Å². The summed E-state index contributed by atoms with van der Waals surface area (Å²) in [6.45, 7) is 7.55. The van der Waals surface area contributed by atoms with Gasteiger partial charge in [-0.05, 0) is 63.8 Å². The highest BCUT2D eigenvalue weighted by molar-refractivity contribution is 9.10. The third kappa shape index (κ3) is 6.27. The van der Waals surface area contributed by atoms with Crippen LogP contribution in [0.1, 0.15) is 33.6 Å². The Balaban J connectivity index is 1.82. The Morgan fingerprint density at radius 1 is 1.20 bits per heavy atom. The minimum Gasteiger partial charge on any atom is -0.333 e. The molecule has 1 fully saturated rings. The summed E-state index contributed by atoms with van der Waals surface area (Å²) in [6.07, 6.45) is 1.58. The number of piperidine rings is 1. The van der Waals surface area contributed by atoms with Gasteiger partial charge in [0.2, 0.25) is 10.0 Å². The van der Waals surface area contributed by atoms with Crippen molar-refractivity contribution in [2.45, 2.75) is 44.0 Å². The number of likely N-dealkylation sites (tertiary alicyclic amines) is 1. The molecule has 2 amide bonds. The van der Waals surface area contributed by atoms with E-state index in [4.69, 9.17) is 0 Å². The van der Waals surface area contributed by atoms with Gasteiger partial charge in [-0.1, -0.05) is 15.9 Å². The predicted molar refractivity (Wildman–Crippen MR) is 102 cm³/mol. The van der Waals surface area contributed by atoms with E-state index in [1.54, 1.807) is 29.2 Å². The van der Waals surface area contributed by atoms with Gasteiger partial charge in [0.25, 0.3) is 0 Å². The highest BCUT2D eigenvalue weighted by Crippen LogP contribution is 2.19. The summed E-state index contributed by atoms with van der Waals surface area (Å²) in [4.78, 5) is 14.2.